The molecular weight excluding hydrogens is 451 g/mol. The number of amides is 1. The molecule has 0 saturated heterocycles. The van der Waals surface area contributed by atoms with E-state index in [2.05, 4.69) is 0 Å². The van der Waals surface area contributed by atoms with Crippen molar-refractivity contribution in [3.63, 3.8) is 0 Å². The summed E-state index contributed by atoms with van der Waals surface area (Å²) in [4.78, 5) is 22.3. The number of nitrogens with one attached hydrogen (secondary N) is 1. The number of carbonyl (C=O) groups is 1. The molecule has 3 rings (SSSR count). The summed E-state index contributed by atoms with van der Waals surface area (Å²) in [5.74, 6) is -0.545. The van der Waals surface area contributed by atoms with E-state index in [1.165, 1.54) is 6.08 Å². The third-order valence-electron chi connectivity index (χ3n) is 4.57. The lowest BCUT2D eigenvalue weighted by Crippen LogP contribution is -2.18. The first-order valence-corrected chi connectivity index (χ1v) is 9.73. The minimum Gasteiger partial charge on any atom is -0.489 e. The van der Waals surface area contributed by atoms with Gasteiger partial charge in [-0.25, -0.2) is 0 Å². The van der Waals surface area contributed by atoms with Gasteiger partial charge in [-0.2, -0.15) is 18.4 Å². The monoisotopic (exact) mass is 467 g/mol. The molecule has 0 bridgehead atoms. The van der Waals surface area contributed by atoms with Crippen LogP contribution in [0.4, 0.5) is 24.5 Å². The van der Waals surface area contributed by atoms with Gasteiger partial charge in [0.1, 0.15) is 24.0 Å². The van der Waals surface area contributed by atoms with Crippen molar-refractivity contribution in [1.29, 1.82) is 5.26 Å². The van der Waals surface area contributed by atoms with E-state index in [0.29, 0.717) is 24.0 Å². The van der Waals surface area contributed by atoms with Crippen molar-refractivity contribution in [2.24, 2.45) is 0 Å². The maximum Gasteiger partial charge on any atom is 0.418 e. The third kappa shape index (κ3) is 6.20. The first kappa shape index (κ1) is 24.0. The maximum absolute atomic E-state index is 13.3. The lowest BCUT2D eigenvalue weighted by molar-refractivity contribution is -0.385. The van der Waals surface area contributed by atoms with Crippen molar-refractivity contribution < 1.29 is 27.6 Å². The molecule has 3 aromatic carbocycles. The topological polar surface area (TPSA) is 105 Å². The SMILES string of the molecule is N#CC(=Cc1ccc(OCc2ccccc2)cc1)C(=O)Nc1ccc([N+](=O)[O-])cc1C(F)(F)F. The summed E-state index contributed by atoms with van der Waals surface area (Å²) >= 11 is 0. The van der Waals surface area contributed by atoms with Gasteiger partial charge >= 0.3 is 6.18 Å². The molecule has 0 heterocycles. The highest BCUT2D eigenvalue weighted by Gasteiger charge is 2.35. The molecular formula is C24H16F3N3O4. The second kappa shape index (κ2) is 10.3. The first-order valence-electron chi connectivity index (χ1n) is 9.73. The number of nitriles is 1. The summed E-state index contributed by atoms with van der Waals surface area (Å²) < 4.78 is 45.6. The van der Waals surface area contributed by atoms with E-state index in [-0.39, 0.29) is 0 Å². The highest BCUT2D eigenvalue weighted by Crippen LogP contribution is 2.37. The Hall–Kier alpha value is -4.65. The van der Waals surface area contributed by atoms with Gasteiger partial charge in [0.2, 0.25) is 0 Å². The molecule has 0 radical (unpaired) electrons. The van der Waals surface area contributed by atoms with Crippen molar-refractivity contribution in [1.82, 2.24) is 0 Å². The van der Waals surface area contributed by atoms with Crippen LogP contribution >= 0.6 is 0 Å². The second-order valence-electron chi connectivity index (χ2n) is 6.95. The molecule has 0 aliphatic carbocycles. The van der Waals surface area contributed by atoms with Crippen LogP contribution in [0.15, 0.2) is 78.4 Å². The Morgan fingerprint density at radius 1 is 1.09 bits per heavy atom. The number of non-ortho nitro benzene ring substituents is 1. The Morgan fingerprint density at radius 3 is 2.35 bits per heavy atom. The van der Waals surface area contributed by atoms with Crippen LogP contribution in [0.5, 0.6) is 5.75 Å². The average molecular weight is 467 g/mol. The fourth-order valence-electron chi connectivity index (χ4n) is 2.90. The van der Waals surface area contributed by atoms with Crippen molar-refractivity contribution in [3.05, 3.63) is 105 Å². The van der Waals surface area contributed by atoms with Crippen LogP contribution in [0.3, 0.4) is 0 Å². The van der Waals surface area contributed by atoms with Gasteiger partial charge in [0.05, 0.1) is 16.2 Å². The number of rotatable bonds is 7. The molecule has 0 saturated carbocycles. The van der Waals surface area contributed by atoms with Gasteiger partial charge in [-0.15, -0.1) is 0 Å². The van der Waals surface area contributed by atoms with E-state index in [4.69, 9.17) is 4.74 Å². The lowest BCUT2D eigenvalue weighted by atomic mass is 10.1. The van der Waals surface area contributed by atoms with Crippen molar-refractivity contribution >= 4 is 23.4 Å². The number of ether oxygens (including phenoxy) is 1. The van der Waals surface area contributed by atoms with E-state index in [1.54, 1.807) is 30.3 Å². The summed E-state index contributed by atoms with van der Waals surface area (Å²) in [5.41, 5.74) is -1.92. The molecule has 1 amide bonds. The smallest absolute Gasteiger partial charge is 0.418 e. The van der Waals surface area contributed by atoms with Crippen LogP contribution in [-0.2, 0) is 17.6 Å². The van der Waals surface area contributed by atoms with Crippen LogP contribution in [0, 0.1) is 21.4 Å². The van der Waals surface area contributed by atoms with Crippen molar-refractivity contribution in [2.45, 2.75) is 12.8 Å². The van der Waals surface area contributed by atoms with Gasteiger partial charge < -0.3 is 10.1 Å². The zero-order chi connectivity index (χ0) is 24.7. The molecule has 34 heavy (non-hydrogen) atoms. The number of anilines is 1. The van der Waals surface area contributed by atoms with Gasteiger partial charge in [-0.05, 0) is 35.4 Å². The molecule has 0 unspecified atom stereocenters. The Bertz CT molecular complexity index is 1270. The Balaban J connectivity index is 1.75. The molecule has 3 aromatic rings. The quantitative estimate of drug-likeness (QED) is 0.207. The van der Waals surface area contributed by atoms with E-state index in [0.717, 1.165) is 17.7 Å². The summed E-state index contributed by atoms with van der Waals surface area (Å²) in [6, 6.07) is 19.4. The number of nitrogens with zero attached hydrogens (tertiary/aromatic N) is 2. The third-order valence-corrected chi connectivity index (χ3v) is 4.57. The van der Waals surface area contributed by atoms with Crippen LogP contribution in [0.2, 0.25) is 0 Å². The Labute approximate surface area is 191 Å². The molecule has 0 atom stereocenters. The van der Waals surface area contributed by atoms with Gasteiger partial charge in [0.25, 0.3) is 11.6 Å². The van der Waals surface area contributed by atoms with Crippen LogP contribution < -0.4 is 10.1 Å². The number of nitro benzene ring substituents is 1. The van der Waals surface area contributed by atoms with E-state index in [9.17, 15) is 33.3 Å². The molecule has 10 heteroatoms. The molecule has 0 spiro atoms. The Kier molecular flexibility index (Phi) is 7.28. The van der Waals surface area contributed by atoms with E-state index >= 15 is 0 Å². The standard InChI is InChI=1S/C24H16F3N3O4/c25-24(26,27)21-13-19(30(32)33)8-11-22(21)29-23(31)18(14-28)12-16-6-9-20(10-7-16)34-15-17-4-2-1-3-5-17/h1-13H,15H2,(H,29,31). The van der Waals surface area contributed by atoms with Crippen molar-refractivity contribution in [3.8, 4) is 11.8 Å². The average Bonchev–Trinajstić information content (AvgIpc) is 2.82. The lowest BCUT2D eigenvalue weighted by Gasteiger charge is -2.13. The fraction of sp³-hybridized carbons (Fsp3) is 0.0833. The number of carbonyl (C=O) groups excluding carboxylic acids is 1. The molecule has 172 valence electrons. The molecule has 0 aliphatic heterocycles. The normalized spacial score (nSPS) is 11.4. The highest BCUT2D eigenvalue weighted by molar-refractivity contribution is 6.10. The minimum atomic E-state index is -4.96. The van der Waals surface area contributed by atoms with Crippen LogP contribution in [0.1, 0.15) is 16.7 Å². The van der Waals surface area contributed by atoms with Gasteiger partial charge in [-0.1, -0.05) is 42.5 Å². The van der Waals surface area contributed by atoms with Gasteiger partial charge in [-0.3, -0.25) is 14.9 Å². The minimum absolute atomic E-state index is 0.319. The number of hydrogen-bond acceptors (Lipinski definition) is 5. The number of alkyl halides is 3. The van der Waals surface area contributed by atoms with Crippen LogP contribution in [0.25, 0.3) is 6.08 Å². The first-order chi connectivity index (χ1) is 16.2. The molecule has 0 aromatic heterocycles. The van der Waals surface area contributed by atoms with Crippen LogP contribution in [-0.4, -0.2) is 10.8 Å². The van der Waals surface area contributed by atoms with Gasteiger partial charge in [0.15, 0.2) is 0 Å². The number of halogens is 3. The van der Waals surface area contributed by atoms with E-state index < -0.39 is 39.5 Å². The zero-order valence-electron chi connectivity index (χ0n) is 17.4. The number of benzene rings is 3. The summed E-state index contributed by atoms with van der Waals surface area (Å²) in [5, 5.41) is 22.1. The molecule has 7 nitrogen and oxygen atoms in total. The van der Waals surface area contributed by atoms with Gasteiger partial charge in [0, 0.05) is 12.1 Å². The molecule has 0 aliphatic rings. The zero-order valence-corrected chi connectivity index (χ0v) is 17.4. The Morgan fingerprint density at radius 2 is 1.76 bits per heavy atom. The second-order valence-corrected chi connectivity index (χ2v) is 6.95. The summed E-state index contributed by atoms with van der Waals surface area (Å²) in [7, 11) is 0. The fourth-order valence-corrected chi connectivity index (χ4v) is 2.90. The summed E-state index contributed by atoms with van der Waals surface area (Å²) in [6.07, 6.45) is -3.75. The van der Waals surface area contributed by atoms with Crippen molar-refractivity contribution in [2.75, 3.05) is 5.32 Å². The van der Waals surface area contributed by atoms with E-state index in [1.807, 2.05) is 35.6 Å². The summed E-state index contributed by atoms with van der Waals surface area (Å²) in [6.45, 7) is 0.346. The molecule has 0 fully saturated rings. The number of nitro groups is 1. The predicted molar refractivity (Wildman–Crippen MR) is 118 cm³/mol. The maximum atomic E-state index is 13.3. The molecule has 1 N–H and O–H groups in total. The number of hydrogen-bond donors (Lipinski definition) is 1. The largest absolute Gasteiger partial charge is 0.489 e. The highest BCUT2D eigenvalue weighted by atomic mass is 19.4. The predicted octanol–water partition coefficient (Wildman–Crippen LogP) is 5.74.